The van der Waals surface area contributed by atoms with Crippen LogP contribution in [0.25, 0.3) is 0 Å². The number of hydrogen-bond donors (Lipinski definition) is 2. The number of nitrogens with zero attached hydrogens (tertiary/aromatic N) is 2. The summed E-state index contributed by atoms with van der Waals surface area (Å²) in [4.78, 5) is 12.7. The van der Waals surface area contributed by atoms with E-state index in [9.17, 15) is 4.79 Å². The monoisotopic (exact) mass is 294 g/mol. The predicted molar refractivity (Wildman–Crippen MR) is 82.1 cm³/mol. The van der Waals surface area contributed by atoms with Crippen LogP contribution in [0.5, 0.6) is 0 Å². The molecule has 1 heterocycles. The van der Waals surface area contributed by atoms with Crippen molar-refractivity contribution in [3.05, 3.63) is 17.0 Å². The van der Waals surface area contributed by atoms with Crippen molar-refractivity contribution in [3.8, 4) is 0 Å². The molecule has 0 bridgehead atoms. The molecule has 1 aliphatic carbocycles. The third kappa shape index (κ3) is 2.32. The maximum Gasteiger partial charge on any atom is 0.233 e. The molecule has 0 atom stereocenters. The van der Waals surface area contributed by atoms with Gasteiger partial charge >= 0.3 is 0 Å². The first-order valence-electron chi connectivity index (χ1n) is 6.85. The van der Waals surface area contributed by atoms with E-state index in [1.807, 2.05) is 25.6 Å². The van der Waals surface area contributed by atoms with Crippen LogP contribution < -0.4 is 11.1 Å². The summed E-state index contributed by atoms with van der Waals surface area (Å²) in [5.41, 5.74) is 8.21. The lowest BCUT2D eigenvalue weighted by atomic mass is 9.62. The molecular weight excluding hydrogens is 272 g/mol. The molecular formula is C14H22N4OS. The van der Waals surface area contributed by atoms with Crippen LogP contribution in [0.1, 0.15) is 36.7 Å². The Morgan fingerprint density at radius 2 is 2.15 bits per heavy atom. The summed E-state index contributed by atoms with van der Waals surface area (Å²) in [6.45, 7) is 6.53. The third-order valence-corrected chi connectivity index (χ3v) is 4.78. The molecule has 5 nitrogen and oxygen atoms in total. The predicted octanol–water partition coefficient (Wildman–Crippen LogP) is 1.36. The smallest absolute Gasteiger partial charge is 0.233 e. The fourth-order valence-electron chi connectivity index (χ4n) is 3.04. The average molecular weight is 294 g/mol. The molecule has 0 aliphatic heterocycles. The minimum Gasteiger partial charge on any atom is -0.392 e. The maximum absolute atomic E-state index is 12.4. The molecule has 0 spiro atoms. The maximum atomic E-state index is 12.4. The first-order chi connectivity index (χ1) is 9.28. The van der Waals surface area contributed by atoms with Gasteiger partial charge in [-0.25, -0.2) is 0 Å². The van der Waals surface area contributed by atoms with E-state index in [4.69, 9.17) is 18.0 Å². The standard InChI is InChI=1S/C14H22N4OS/c1-8-5-14(6-8,12(15)20)13(19)16-7-11-9(2)17-18(4)10(11)3/h8H,5-7H2,1-4H3,(H2,15,20)(H,16,19). The summed E-state index contributed by atoms with van der Waals surface area (Å²) in [6, 6.07) is 0. The van der Waals surface area contributed by atoms with Gasteiger partial charge in [0.1, 0.15) is 0 Å². The lowest BCUT2D eigenvalue weighted by Crippen LogP contribution is -2.55. The molecule has 1 amide bonds. The normalized spacial score (nSPS) is 25.1. The molecule has 0 unspecified atom stereocenters. The van der Waals surface area contributed by atoms with Crippen molar-refractivity contribution in [3.63, 3.8) is 0 Å². The molecule has 1 aromatic heterocycles. The highest BCUT2D eigenvalue weighted by atomic mass is 32.1. The summed E-state index contributed by atoms with van der Waals surface area (Å²) < 4.78 is 1.82. The van der Waals surface area contributed by atoms with Gasteiger partial charge in [-0.15, -0.1) is 0 Å². The van der Waals surface area contributed by atoms with Crippen LogP contribution in [0.3, 0.4) is 0 Å². The molecule has 6 heteroatoms. The number of aromatic nitrogens is 2. The van der Waals surface area contributed by atoms with Gasteiger partial charge in [0.15, 0.2) is 0 Å². The van der Waals surface area contributed by atoms with E-state index in [1.54, 1.807) is 0 Å². The Bertz CT molecular complexity index is 558. The van der Waals surface area contributed by atoms with Crippen LogP contribution in [-0.4, -0.2) is 20.7 Å². The quantitative estimate of drug-likeness (QED) is 0.822. The summed E-state index contributed by atoms with van der Waals surface area (Å²) in [5.74, 6) is 0.454. The van der Waals surface area contributed by atoms with Crippen LogP contribution >= 0.6 is 12.2 Å². The lowest BCUT2D eigenvalue weighted by molar-refractivity contribution is -0.133. The molecule has 1 fully saturated rings. The topological polar surface area (TPSA) is 72.9 Å². The van der Waals surface area contributed by atoms with Gasteiger partial charge in [0.05, 0.1) is 16.1 Å². The fraction of sp³-hybridized carbons (Fsp3) is 0.643. The number of amides is 1. The molecule has 0 saturated heterocycles. The number of nitrogens with one attached hydrogen (secondary N) is 1. The molecule has 20 heavy (non-hydrogen) atoms. The zero-order chi connectivity index (χ0) is 15.1. The Morgan fingerprint density at radius 1 is 1.55 bits per heavy atom. The van der Waals surface area contributed by atoms with Crippen molar-refractivity contribution in [2.75, 3.05) is 0 Å². The van der Waals surface area contributed by atoms with Gasteiger partial charge < -0.3 is 11.1 Å². The molecule has 1 aromatic rings. The van der Waals surface area contributed by atoms with Crippen LogP contribution in [0.2, 0.25) is 0 Å². The number of carbonyl (C=O) groups is 1. The second kappa shape index (κ2) is 5.16. The van der Waals surface area contributed by atoms with Crippen molar-refractivity contribution in [1.29, 1.82) is 0 Å². The fourth-order valence-corrected chi connectivity index (χ4v) is 3.30. The van der Waals surface area contributed by atoms with Crippen molar-refractivity contribution >= 4 is 23.1 Å². The van der Waals surface area contributed by atoms with Crippen molar-refractivity contribution < 1.29 is 4.79 Å². The molecule has 2 rings (SSSR count). The van der Waals surface area contributed by atoms with Gasteiger partial charge in [-0.05, 0) is 32.6 Å². The lowest BCUT2D eigenvalue weighted by Gasteiger charge is -2.44. The SMILES string of the molecule is Cc1nn(C)c(C)c1CNC(=O)C1(C(N)=S)CC(C)C1. The Kier molecular flexibility index (Phi) is 3.86. The summed E-state index contributed by atoms with van der Waals surface area (Å²) in [6.07, 6.45) is 1.50. The molecule has 1 saturated carbocycles. The summed E-state index contributed by atoms with van der Waals surface area (Å²) in [7, 11) is 1.90. The molecule has 0 aromatic carbocycles. The van der Waals surface area contributed by atoms with Gasteiger partial charge in [0, 0.05) is 24.8 Å². The Morgan fingerprint density at radius 3 is 2.55 bits per heavy atom. The highest BCUT2D eigenvalue weighted by molar-refractivity contribution is 7.80. The van der Waals surface area contributed by atoms with E-state index < -0.39 is 5.41 Å². The first kappa shape index (κ1) is 15.0. The Labute approximate surface area is 124 Å². The van der Waals surface area contributed by atoms with E-state index in [0.717, 1.165) is 29.8 Å². The average Bonchev–Trinajstić information content (AvgIpc) is 2.56. The molecule has 0 radical (unpaired) electrons. The third-order valence-electron chi connectivity index (χ3n) is 4.38. The van der Waals surface area contributed by atoms with E-state index in [-0.39, 0.29) is 5.91 Å². The van der Waals surface area contributed by atoms with E-state index in [0.29, 0.717) is 17.5 Å². The summed E-state index contributed by atoms with van der Waals surface area (Å²) in [5, 5.41) is 7.33. The number of nitrogens with two attached hydrogens (primary N) is 1. The summed E-state index contributed by atoms with van der Waals surface area (Å²) >= 11 is 5.10. The highest BCUT2D eigenvalue weighted by Gasteiger charge is 2.50. The van der Waals surface area contributed by atoms with Crippen LogP contribution in [0, 0.1) is 25.2 Å². The van der Waals surface area contributed by atoms with Gasteiger partial charge in [-0.3, -0.25) is 9.48 Å². The van der Waals surface area contributed by atoms with Crippen molar-refractivity contribution in [2.45, 2.75) is 40.2 Å². The minimum absolute atomic E-state index is 0.0502. The number of hydrogen-bond acceptors (Lipinski definition) is 3. The second-order valence-corrected chi connectivity index (χ2v) is 6.36. The van der Waals surface area contributed by atoms with Crippen LogP contribution in [-0.2, 0) is 18.4 Å². The van der Waals surface area contributed by atoms with Gasteiger partial charge in [0.2, 0.25) is 5.91 Å². The van der Waals surface area contributed by atoms with Crippen molar-refractivity contribution in [2.24, 2.45) is 24.1 Å². The van der Waals surface area contributed by atoms with Crippen molar-refractivity contribution in [1.82, 2.24) is 15.1 Å². The zero-order valence-corrected chi connectivity index (χ0v) is 13.3. The van der Waals surface area contributed by atoms with E-state index in [1.165, 1.54) is 0 Å². The molecule has 3 N–H and O–H groups in total. The Balaban J connectivity index is 2.07. The number of aryl methyl sites for hydroxylation is 2. The van der Waals surface area contributed by atoms with Crippen LogP contribution in [0.4, 0.5) is 0 Å². The largest absolute Gasteiger partial charge is 0.392 e. The number of rotatable bonds is 4. The highest BCUT2D eigenvalue weighted by Crippen LogP contribution is 2.46. The van der Waals surface area contributed by atoms with Gasteiger partial charge in [-0.2, -0.15) is 5.10 Å². The van der Waals surface area contributed by atoms with Gasteiger partial charge in [-0.1, -0.05) is 19.1 Å². The number of carbonyl (C=O) groups excluding carboxylic acids is 1. The minimum atomic E-state index is -0.640. The van der Waals surface area contributed by atoms with Crippen LogP contribution in [0.15, 0.2) is 0 Å². The van der Waals surface area contributed by atoms with E-state index in [2.05, 4.69) is 17.3 Å². The van der Waals surface area contributed by atoms with Gasteiger partial charge in [0.25, 0.3) is 0 Å². The Hall–Kier alpha value is -1.43. The molecule has 110 valence electrons. The first-order valence-corrected chi connectivity index (χ1v) is 7.26. The number of thiocarbonyl (C=S) groups is 1. The second-order valence-electron chi connectivity index (χ2n) is 5.92. The zero-order valence-electron chi connectivity index (χ0n) is 12.5. The molecule has 1 aliphatic rings. The van der Waals surface area contributed by atoms with E-state index >= 15 is 0 Å².